The van der Waals surface area contributed by atoms with Crippen LogP contribution in [0.15, 0.2) is 23.6 Å². The van der Waals surface area contributed by atoms with E-state index < -0.39 is 6.09 Å². The summed E-state index contributed by atoms with van der Waals surface area (Å²) < 4.78 is 1.82. The summed E-state index contributed by atoms with van der Waals surface area (Å²) in [5, 5.41) is 7.68. The summed E-state index contributed by atoms with van der Waals surface area (Å²) in [5.41, 5.74) is 4.50. The third-order valence-corrected chi connectivity index (χ3v) is 2.53. The maximum Gasteiger partial charge on any atom is 0.430 e. The van der Waals surface area contributed by atoms with Crippen molar-refractivity contribution in [2.75, 3.05) is 0 Å². The molecule has 1 rings (SSSR count). The topological polar surface area (TPSA) is 82.5 Å². The zero-order valence-electron chi connectivity index (χ0n) is 9.62. The molecule has 0 bridgehead atoms. The van der Waals surface area contributed by atoms with Crippen molar-refractivity contribution in [1.82, 2.24) is 9.78 Å². The highest BCUT2D eigenvalue weighted by molar-refractivity contribution is 5.68. The Morgan fingerprint density at radius 2 is 2.38 bits per heavy atom. The third kappa shape index (κ3) is 3.08. The van der Waals surface area contributed by atoms with Gasteiger partial charge in [0.1, 0.15) is 0 Å². The number of rotatable bonds is 4. The van der Waals surface area contributed by atoms with Gasteiger partial charge in [0.25, 0.3) is 0 Å². The second-order valence-electron chi connectivity index (χ2n) is 4.13. The SMILES string of the molecule is CC(n1cccn1)C(C)(C)C=NOC(N)=O. The van der Waals surface area contributed by atoms with Gasteiger partial charge >= 0.3 is 6.09 Å². The molecular weight excluding hydrogens is 208 g/mol. The van der Waals surface area contributed by atoms with E-state index >= 15 is 0 Å². The highest BCUT2D eigenvalue weighted by atomic mass is 16.7. The van der Waals surface area contributed by atoms with Gasteiger partial charge in [0.15, 0.2) is 0 Å². The fourth-order valence-electron chi connectivity index (χ4n) is 1.17. The Bertz CT molecular complexity index is 370. The minimum atomic E-state index is -0.918. The lowest BCUT2D eigenvalue weighted by atomic mass is 9.87. The number of nitrogens with zero attached hydrogens (tertiary/aromatic N) is 3. The number of oxime groups is 1. The van der Waals surface area contributed by atoms with Crippen LogP contribution in [0.2, 0.25) is 0 Å². The molecule has 1 amide bonds. The summed E-state index contributed by atoms with van der Waals surface area (Å²) in [4.78, 5) is 14.7. The molecular formula is C10H16N4O2. The van der Waals surface area contributed by atoms with E-state index in [1.54, 1.807) is 12.4 Å². The summed E-state index contributed by atoms with van der Waals surface area (Å²) in [6.07, 6.45) is 4.21. The minimum Gasteiger partial charge on any atom is -0.333 e. The monoisotopic (exact) mass is 224 g/mol. The molecule has 0 aliphatic heterocycles. The summed E-state index contributed by atoms with van der Waals surface area (Å²) in [7, 11) is 0. The predicted molar refractivity (Wildman–Crippen MR) is 59.9 cm³/mol. The molecule has 0 radical (unpaired) electrons. The lowest BCUT2D eigenvalue weighted by molar-refractivity contribution is 0.160. The van der Waals surface area contributed by atoms with Crippen LogP contribution in [0.5, 0.6) is 0 Å². The molecule has 1 aromatic heterocycles. The molecule has 1 heterocycles. The Balaban J connectivity index is 2.69. The van der Waals surface area contributed by atoms with E-state index in [-0.39, 0.29) is 11.5 Å². The van der Waals surface area contributed by atoms with E-state index in [2.05, 4.69) is 15.1 Å². The molecule has 1 unspecified atom stereocenters. The van der Waals surface area contributed by atoms with E-state index in [4.69, 9.17) is 5.73 Å². The average molecular weight is 224 g/mol. The summed E-state index contributed by atoms with van der Waals surface area (Å²) in [6.45, 7) is 5.93. The van der Waals surface area contributed by atoms with Crippen LogP contribution >= 0.6 is 0 Å². The molecule has 88 valence electrons. The highest BCUT2D eigenvalue weighted by Gasteiger charge is 2.26. The molecule has 2 N–H and O–H groups in total. The number of hydrogen-bond acceptors (Lipinski definition) is 4. The van der Waals surface area contributed by atoms with Gasteiger partial charge in [-0.1, -0.05) is 19.0 Å². The molecule has 0 spiro atoms. The van der Waals surface area contributed by atoms with Crippen molar-refractivity contribution < 1.29 is 9.63 Å². The van der Waals surface area contributed by atoms with Gasteiger partial charge in [-0.15, -0.1) is 0 Å². The Labute approximate surface area is 94.1 Å². The smallest absolute Gasteiger partial charge is 0.333 e. The standard InChI is InChI=1S/C10H16N4O2/c1-8(14-6-4-5-12-14)10(2,3)7-13-16-9(11)15/h4-8H,1-3H3,(H2,11,15). The second kappa shape index (κ2) is 4.78. The van der Waals surface area contributed by atoms with Gasteiger partial charge < -0.3 is 5.73 Å². The molecule has 0 aliphatic carbocycles. The molecule has 0 fully saturated rings. The van der Waals surface area contributed by atoms with Crippen LogP contribution in [0, 0.1) is 5.41 Å². The van der Waals surface area contributed by atoms with Gasteiger partial charge in [0, 0.05) is 17.8 Å². The fourth-order valence-corrected chi connectivity index (χ4v) is 1.17. The maximum atomic E-state index is 10.4. The first-order valence-corrected chi connectivity index (χ1v) is 4.93. The molecule has 1 atom stereocenters. The number of hydrogen-bond donors (Lipinski definition) is 1. The Hall–Kier alpha value is -1.85. The zero-order valence-corrected chi connectivity index (χ0v) is 9.62. The summed E-state index contributed by atoms with van der Waals surface area (Å²) in [5.74, 6) is 0. The van der Waals surface area contributed by atoms with E-state index in [0.29, 0.717) is 0 Å². The van der Waals surface area contributed by atoms with Gasteiger partial charge in [0.05, 0.1) is 12.3 Å². The zero-order chi connectivity index (χ0) is 12.2. The quantitative estimate of drug-likeness (QED) is 0.478. The number of carbonyl (C=O) groups excluding carboxylic acids is 1. The number of carbonyl (C=O) groups is 1. The summed E-state index contributed by atoms with van der Waals surface area (Å²) >= 11 is 0. The molecule has 6 heteroatoms. The Morgan fingerprint density at radius 3 is 2.88 bits per heavy atom. The third-order valence-electron chi connectivity index (χ3n) is 2.53. The lowest BCUT2D eigenvalue weighted by Crippen LogP contribution is -2.27. The first kappa shape index (κ1) is 12.2. The molecule has 16 heavy (non-hydrogen) atoms. The number of aromatic nitrogens is 2. The van der Waals surface area contributed by atoms with Crippen LogP contribution in [0.4, 0.5) is 4.79 Å². The van der Waals surface area contributed by atoms with Crippen molar-refractivity contribution >= 4 is 12.3 Å². The van der Waals surface area contributed by atoms with Crippen LogP contribution in [0.25, 0.3) is 0 Å². The maximum absolute atomic E-state index is 10.4. The van der Waals surface area contributed by atoms with Crippen LogP contribution in [0.1, 0.15) is 26.8 Å². The first-order chi connectivity index (χ1) is 7.43. The molecule has 0 saturated heterocycles. The van der Waals surface area contributed by atoms with Crippen molar-refractivity contribution in [3.8, 4) is 0 Å². The fraction of sp³-hybridized carbons (Fsp3) is 0.500. The largest absolute Gasteiger partial charge is 0.430 e. The number of primary amides is 1. The van der Waals surface area contributed by atoms with Crippen LogP contribution in [-0.4, -0.2) is 22.1 Å². The summed E-state index contributed by atoms with van der Waals surface area (Å²) in [6, 6.07) is 1.94. The van der Waals surface area contributed by atoms with Crippen molar-refractivity contribution in [3.63, 3.8) is 0 Å². The van der Waals surface area contributed by atoms with E-state index in [1.165, 1.54) is 0 Å². The van der Waals surface area contributed by atoms with Crippen molar-refractivity contribution in [2.24, 2.45) is 16.3 Å². The van der Waals surface area contributed by atoms with E-state index in [1.807, 2.05) is 37.7 Å². The van der Waals surface area contributed by atoms with Gasteiger partial charge in [-0.2, -0.15) is 5.10 Å². The minimum absolute atomic E-state index is 0.0859. The molecule has 6 nitrogen and oxygen atoms in total. The van der Waals surface area contributed by atoms with Crippen molar-refractivity contribution in [2.45, 2.75) is 26.8 Å². The second-order valence-corrected chi connectivity index (χ2v) is 4.13. The van der Waals surface area contributed by atoms with Crippen molar-refractivity contribution in [1.29, 1.82) is 0 Å². The molecule has 0 aliphatic rings. The number of nitrogens with two attached hydrogens (primary N) is 1. The highest BCUT2D eigenvalue weighted by Crippen LogP contribution is 2.27. The van der Waals surface area contributed by atoms with Crippen LogP contribution in [0.3, 0.4) is 0 Å². The van der Waals surface area contributed by atoms with Crippen molar-refractivity contribution in [3.05, 3.63) is 18.5 Å². The number of amides is 1. The van der Waals surface area contributed by atoms with E-state index in [0.717, 1.165) is 0 Å². The van der Waals surface area contributed by atoms with E-state index in [9.17, 15) is 4.79 Å². The van der Waals surface area contributed by atoms with Crippen LogP contribution in [-0.2, 0) is 4.84 Å². The first-order valence-electron chi connectivity index (χ1n) is 4.93. The Morgan fingerprint density at radius 1 is 1.69 bits per heavy atom. The molecule has 0 saturated carbocycles. The van der Waals surface area contributed by atoms with Gasteiger partial charge in [-0.3, -0.25) is 9.52 Å². The predicted octanol–water partition coefficient (Wildman–Crippen LogP) is 1.55. The van der Waals surface area contributed by atoms with Gasteiger partial charge in [-0.25, -0.2) is 4.79 Å². The van der Waals surface area contributed by atoms with Crippen LogP contribution < -0.4 is 5.73 Å². The average Bonchev–Trinajstić information content (AvgIpc) is 2.68. The van der Waals surface area contributed by atoms with Gasteiger partial charge in [-0.05, 0) is 13.0 Å². The van der Waals surface area contributed by atoms with Gasteiger partial charge in [0.2, 0.25) is 0 Å². The molecule has 1 aromatic rings. The molecule has 0 aromatic carbocycles. The normalized spacial score (nSPS) is 13.9. The Kier molecular flexibility index (Phi) is 3.65. The lowest BCUT2D eigenvalue weighted by Gasteiger charge is -2.27.